The van der Waals surface area contributed by atoms with Crippen molar-refractivity contribution in [1.29, 1.82) is 0 Å². The smallest absolute Gasteiger partial charge is 0.162 e. The summed E-state index contributed by atoms with van der Waals surface area (Å²) in [5, 5.41) is 0.423. The third-order valence-corrected chi connectivity index (χ3v) is 1.94. The van der Waals surface area contributed by atoms with E-state index in [2.05, 4.69) is 4.74 Å². The van der Waals surface area contributed by atoms with Crippen LogP contribution in [-0.2, 0) is 16.0 Å². The Morgan fingerprint density at radius 2 is 2.29 bits per heavy atom. The zero-order valence-electron chi connectivity index (χ0n) is 7.72. The molecule has 0 N–H and O–H groups in total. The van der Waals surface area contributed by atoms with Crippen LogP contribution in [0.3, 0.4) is 0 Å². The summed E-state index contributed by atoms with van der Waals surface area (Å²) in [5.41, 5.74) is 0.305. The molecule has 0 aliphatic rings. The molecule has 4 heteroatoms. The monoisotopic (exact) mass is 216 g/mol. The number of Topliss-reactive ketones (excluding diaryl/α,β-unsaturated/α-hetero) is 1. The Morgan fingerprint density at radius 3 is 2.93 bits per heavy atom. The SMILES string of the molecule is COCC(=O)Cc1cc(Cl)ccc1F. The lowest BCUT2D eigenvalue weighted by Gasteiger charge is -2.02. The molecule has 1 aromatic carbocycles. The number of carbonyl (C=O) groups is 1. The van der Waals surface area contributed by atoms with Gasteiger partial charge in [-0.3, -0.25) is 4.79 Å². The highest BCUT2D eigenvalue weighted by molar-refractivity contribution is 6.30. The summed E-state index contributed by atoms with van der Waals surface area (Å²) in [6, 6.07) is 4.14. The predicted molar refractivity (Wildman–Crippen MR) is 52.0 cm³/mol. The molecule has 76 valence electrons. The van der Waals surface area contributed by atoms with Gasteiger partial charge in [0, 0.05) is 18.6 Å². The Labute approximate surface area is 86.6 Å². The lowest BCUT2D eigenvalue weighted by molar-refractivity contribution is -0.122. The maximum absolute atomic E-state index is 13.1. The van der Waals surface area contributed by atoms with E-state index in [-0.39, 0.29) is 18.8 Å². The molecule has 0 aliphatic heterocycles. The molecule has 0 amide bonds. The van der Waals surface area contributed by atoms with Gasteiger partial charge in [0.05, 0.1) is 0 Å². The van der Waals surface area contributed by atoms with E-state index in [0.717, 1.165) is 0 Å². The third kappa shape index (κ3) is 3.09. The molecule has 0 radical (unpaired) electrons. The van der Waals surface area contributed by atoms with E-state index in [1.54, 1.807) is 0 Å². The second-order valence-electron chi connectivity index (χ2n) is 2.88. The Kier molecular flexibility index (Phi) is 4.04. The van der Waals surface area contributed by atoms with Crippen molar-refractivity contribution in [2.75, 3.05) is 13.7 Å². The van der Waals surface area contributed by atoms with Crippen LogP contribution >= 0.6 is 11.6 Å². The molecule has 1 rings (SSSR count). The molecule has 0 unspecified atom stereocenters. The van der Waals surface area contributed by atoms with Crippen molar-refractivity contribution in [2.45, 2.75) is 6.42 Å². The average molecular weight is 217 g/mol. The Bertz CT molecular complexity index is 339. The van der Waals surface area contributed by atoms with Gasteiger partial charge < -0.3 is 4.74 Å². The zero-order chi connectivity index (χ0) is 10.6. The van der Waals surface area contributed by atoms with Gasteiger partial charge in [0.1, 0.15) is 12.4 Å². The van der Waals surface area contributed by atoms with Crippen LogP contribution < -0.4 is 0 Å². The van der Waals surface area contributed by atoms with Crippen LogP contribution in [-0.4, -0.2) is 19.5 Å². The van der Waals surface area contributed by atoms with Crippen molar-refractivity contribution in [2.24, 2.45) is 0 Å². The maximum atomic E-state index is 13.1. The van der Waals surface area contributed by atoms with Gasteiger partial charge in [0.25, 0.3) is 0 Å². The van der Waals surface area contributed by atoms with Crippen LogP contribution in [0.25, 0.3) is 0 Å². The maximum Gasteiger partial charge on any atom is 0.162 e. The molecule has 0 aromatic heterocycles. The summed E-state index contributed by atoms with van der Waals surface area (Å²) in [6.45, 7) is -0.00798. The first kappa shape index (κ1) is 11.1. The van der Waals surface area contributed by atoms with Crippen LogP contribution in [0.5, 0.6) is 0 Å². The number of ether oxygens (including phenoxy) is 1. The summed E-state index contributed by atoms with van der Waals surface area (Å²) in [7, 11) is 1.42. The third-order valence-electron chi connectivity index (χ3n) is 1.70. The first-order valence-corrected chi connectivity index (χ1v) is 4.46. The van der Waals surface area contributed by atoms with Gasteiger partial charge in [-0.05, 0) is 23.8 Å². The molecule has 0 atom stereocenters. The Hall–Kier alpha value is -0.930. The second kappa shape index (κ2) is 5.08. The number of hydrogen-bond acceptors (Lipinski definition) is 2. The molecule has 0 spiro atoms. The van der Waals surface area contributed by atoms with Crippen molar-refractivity contribution < 1.29 is 13.9 Å². The highest BCUT2D eigenvalue weighted by Crippen LogP contribution is 2.15. The molecule has 0 saturated carbocycles. The van der Waals surface area contributed by atoms with Gasteiger partial charge in [-0.2, -0.15) is 0 Å². The van der Waals surface area contributed by atoms with E-state index in [9.17, 15) is 9.18 Å². The first-order valence-electron chi connectivity index (χ1n) is 4.08. The molecule has 0 fully saturated rings. The van der Waals surface area contributed by atoms with Gasteiger partial charge in [0.15, 0.2) is 5.78 Å². The molecule has 0 bridgehead atoms. The van der Waals surface area contributed by atoms with Crippen LogP contribution in [0, 0.1) is 5.82 Å². The Balaban J connectivity index is 2.75. The number of ketones is 1. The first-order chi connectivity index (χ1) is 6.63. The van der Waals surface area contributed by atoms with Crippen molar-refractivity contribution in [3.8, 4) is 0 Å². The van der Waals surface area contributed by atoms with Crippen molar-refractivity contribution >= 4 is 17.4 Å². The summed E-state index contributed by atoms with van der Waals surface area (Å²) in [6.07, 6.45) is 0.0141. The second-order valence-corrected chi connectivity index (χ2v) is 3.32. The van der Waals surface area contributed by atoms with E-state index < -0.39 is 5.82 Å². The van der Waals surface area contributed by atoms with E-state index in [0.29, 0.717) is 10.6 Å². The molecule has 1 aromatic rings. The number of hydrogen-bond donors (Lipinski definition) is 0. The van der Waals surface area contributed by atoms with Crippen LogP contribution in [0.2, 0.25) is 5.02 Å². The molecular formula is C10H10ClFO2. The van der Waals surface area contributed by atoms with Gasteiger partial charge in [-0.1, -0.05) is 11.6 Å². The number of rotatable bonds is 4. The van der Waals surface area contributed by atoms with Gasteiger partial charge in [-0.25, -0.2) is 4.39 Å². The number of benzene rings is 1. The summed E-state index contributed by atoms with van der Waals surface area (Å²) in [5.74, 6) is -0.590. The molecule has 0 aliphatic carbocycles. The highest BCUT2D eigenvalue weighted by atomic mass is 35.5. The number of methoxy groups -OCH3 is 1. The quantitative estimate of drug-likeness (QED) is 0.772. The highest BCUT2D eigenvalue weighted by Gasteiger charge is 2.08. The van der Waals surface area contributed by atoms with E-state index in [1.165, 1.54) is 25.3 Å². The Morgan fingerprint density at radius 1 is 1.57 bits per heavy atom. The van der Waals surface area contributed by atoms with Crippen molar-refractivity contribution in [3.05, 3.63) is 34.6 Å². The van der Waals surface area contributed by atoms with Gasteiger partial charge in [0.2, 0.25) is 0 Å². The molecule has 2 nitrogen and oxygen atoms in total. The van der Waals surface area contributed by atoms with Crippen LogP contribution in [0.1, 0.15) is 5.56 Å². The van der Waals surface area contributed by atoms with Gasteiger partial charge >= 0.3 is 0 Å². The minimum atomic E-state index is -0.418. The minimum absolute atomic E-state index is 0.00798. The zero-order valence-corrected chi connectivity index (χ0v) is 8.47. The fourth-order valence-electron chi connectivity index (χ4n) is 1.10. The molecule has 0 saturated heterocycles. The normalized spacial score (nSPS) is 10.2. The van der Waals surface area contributed by atoms with E-state index in [1.807, 2.05) is 0 Å². The lowest BCUT2D eigenvalue weighted by atomic mass is 10.1. The largest absolute Gasteiger partial charge is 0.377 e. The van der Waals surface area contributed by atoms with Crippen LogP contribution in [0.15, 0.2) is 18.2 Å². The average Bonchev–Trinajstić information content (AvgIpc) is 2.12. The minimum Gasteiger partial charge on any atom is -0.377 e. The van der Waals surface area contributed by atoms with Crippen molar-refractivity contribution in [3.63, 3.8) is 0 Å². The van der Waals surface area contributed by atoms with E-state index >= 15 is 0 Å². The summed E-state index contributed by atoms with van der Waals surface area (Å²) in [4.78, 5) is 11.1. The standard InChI is InChI=1S/C10H10ClFO2/c1-14-6-9(13)5-7-4-8(11)2-3-10(7)12/h2-4H,5-6H2,1H3. The molecule has 14 heavy (non-hydrogen) atoms. The molecular weight excluding hydrogens is 207 g/mol. The number of halogens is 2. The summed E-state index contributed by atoms with van der Waals surface area (Å²) < 4.78 is 17.8. The number of carbonyl (C=O) groups excluding carboxylic acids is 1. The molecule has 0 heterocycles. The van der Waals surface area contributed by atoms with Gasteiger partial charge in [-0.15, -0.1) is 0 Å². The lowest BCUT2D eigenvalue weighted by Crippen LogP contribution is -2.10. The fraction of sp³-hybridized carbons (Fsp3) is 0.300. The predicted octanol–water partition coefficient (Wildman–Crippen LogP) is 2.24. The van der Waals surface area contributed by atoms with Crippen molar-refractivity contribution in [1.82, 2.24) is 0 Å². The topological polar surface area (TPSA) is 26.3 Å². The fourth-order valence-corrected chi connectivity index (χ4v) is 1.30. The summed E-state index contributed by atoms with van der Waals surface area (Å²) >= 11 is 5.67. The van der Waals surface area contributed by atoms with E-state index in [4.69, 9.17) is 11.6 Å². The van der Waals surface area contributed by atoms with Crippen LogP contribution in [0.4, 0.5) is 4.39 Å².